The lowest BCUT2D eigenvalue weighted by molar-refractivity contribution is -0.152. The Labute approximate surface area is 212 Å². The molecule has 0 aliphatic carbocycles. The molecule has 1 aromatic rings. The first-order chi connectivity index (χ1) is 17.1. The maximum absolute atomic E-state index is 13.4. The number of Topliss-reactive ketones (excluding diaryl/α,β-unsaturated/α-hetero) is 1. The summed E-state index contributed by atoms with van der Waals surface area (Å²) in [5.41, 5.74) is 1.76. The Hall–Kier alpha value is -2.87. The van der Waals surface area contributed by atoms with E-state index in [1.54, 1.807) is 18.7 Å². The van der Waals surface area contributed by atoms with Gasteiger partial charge in [-0.05, 0) is 64.5 Å². The summed E-state index contributed by atoms with van der Waals surface area (Å²) < 4.78 is 12.7. The highest BCUT2D eigenvalue weighted by Crippen LogP contribution is 2.56. The van der Waals surface area contributed by atoms with Gasteiger partial charge < -0.3 is 24.6 Å². The molecule has 1 fully saturated rings. The number of carbonyl (C=O) groups excluding carboxylic acids is 2. The number of unbranched alkanes of at least 4 members (excludes halogenated alkanes) is 2. The quantitative estimate of drug-likeness (QED) is 0.298. The lowest BCUT2D eigenvalue weighted by atomic mass is 9.76. The molecule has 3 aliphatic heterocycles. The van der Waals surface area contributed by atoms with E-state index in [-0.39, 0.29) is 46.7 Å². The molecular weight excluding hydrogens is 462 g/mol. The molecule has 3 heterocycles. The van der Waals surface area contributed by atoms with E-state index in [0.29, 0.717) is 30.5 Å². The summed E-state index contributed by atoms with van der Waals surface area (Å²) in [4.78, 5) is 39.9. The minimum atomic E-state index is -1.30. The number of carbonyl (C=O) groups is 3. The van der Waals surface area contributed by atoms with E-state index in [1.165, 1.54) is 0 Å². The molecule has 1 amide bonds. The van der Waals surface area contributed by atoms with Crippen molar-refractivity contribution in [1.29, 1.82) is 0 Å². The minimum Gasteiger partial charge on any atom is -0.507 e. The molecule has 196 valence electrons. The molecule has 0 radical (unpaired) electrons. The van der Waals surface area contributed by atoms with Crippen LogP contribution in [0, 0.1) is 18.8 Å². The summed E-state index contributed by atoms with van der Waals surface area (Å²) in [7, 11) is 0. The zero-order valence-electron chi connectivity index (χ0n) is 21.7. The van der Waals surface area contributed by atoms with Gasteiger partial charge in [-0.15, -0.1) is 0 Å². The zero-order chi connectivity index (χ0) is 26.3. The number of carboxylic acids is 1. The van der Waals surface area contributed by atoms with Crippen molar-refractivity contribution in [2.75, 3.05) is 6.54 Å². The Morgan fingerprint density at radius 3 is 2.58 bits per heavy atom. The SMILES string of the molecule is CC=CCCCCC(=O)C(C)C(=O)N1CCC2C3OC(C)C(C)c4c(C)c(O)c(C(=O)O)c(c43)OC21. The zero-order valence-corrected chi connectivity index (χ0v) is 21.7. The monoisotopic (exact) mass is 499 g/mol. The fraction of sp³-hybridized carbons (Fsp3) is 0.607. The Kier molecular flexibility index (Phi) is 7.46. The number of fused-ring (bicyclic) bond motifs is 2. The van der Waals surface area contributed by atoms with Crippen molar-refractivity contribution in [1.82, 2.24) is 4.90 Å². The molecule has 6 atom stereocenters. The molecule has 1 saturated heterocycles. The van der Waals surface area contributed by atoms with Crippen molar-refractivity contribution >= 4 is 17.7 Å². The van der Waals surface area contributed by atoms with Gasteiger partial charge in [0, 0.05) is 30.4 Å². The van der Waals surface area contributed by atoms with Gasteiger partial charge >= 0.3 is 5.97 Å². The second kappa shape index (κ2) is 10.2. The molecule has 2 N–H and O–H groups in total. The third-order valence-electron chi connectivity index (χ3n) is 8.20. The fourth-order valence-corrected chi connectivity index (χ4v) is 5.97. The maximum atomic E-state index is 13.4. The number of likely N-dealkylation sites (tertiary alicyclic amines) is 1. The topological polar surface area (TPSA) is 113 Å². The number of hydrogen-bond acceptors (Lipinski definition) is 6. The third-order valence-corrected chi connectivity index (χ3v) is 8.20. The highest BCUT2D eigenvalue weighted by molar-refractivity contribution is 6.01. The van der Waals surface area contributed by atoms with Gasteiger partial charge in [0.05, 0.1) is 18.1 Å². The number of aromatic hydroxyl groups is 1. The average molecular weight is 500 g/mol. The number of aromatic carboxylic acids is 1. The van der Waals surface area contributed by atoms with Gasteiger partial charge in [-0.3, -0.25) is 9.59 Å². The molecule has 6 unspecified atom stereocenters. The van der Waals surface area contributed by atoms with Crippen LogP contribution in [0.1, 0.15) is 98.9 Å². The molecular formula is C28H37NO7. The van der Waals surface area contributed by atoms with Crippen LogP contribution in [0.25, 0.3) is 0 Å². The van der Waals surface area contributed by atoms with E-state index in [2.05, 4.69) is 6.08 Å². The molecule has 8 heteroatoms. The highest BCUT2D eigenvalue weighted by Gasteiger charge is 2.53. The first kappa shape index (κ1) is 26.2. The van der Waals surface area contributed by atoms with E-state index < -0.39 is 24.2 Å². The second-order valence-electron chi connectivity index (χ2n) is 10.4. The molecule has 3 aliphatic rings. The van der Waals surface area contributed by atoms with Crippen LogP contribution in [-0.4, -0.2) is 51.6 Å². The predicted molar refractivity (Wildman–Crippen MR) is 133 cm³/mol. The van der Waals surface area contributed by atoms with Crippen LogP contribution in [0.3, 0.4) is 0 Å². The molecule has 0 saturated carbocycles. The standard InChI is InChI=1S/C28H37NO7/c1-6-7-8-9-10-11-19(30)15(3)26(32)29-13-12-18-24-21-20(14(2)17(5)35-24)16(4)23(31)22(28(33)34)25(21)36-27(18)29/h6-7,14-15,17-18,24,27,31H,8-13H2,1-5H3,(H,33,34). The van der Waals surface area contributed by atoms with Crippen molar-refractivity contribution in [2.45, 2.75) is 91.1 Å². The Morgan fingerprint density at radius 1 is 1.19 bits per heavy atom. The van der Waals surface area contributed by atoms with E-state index in [1.807, 2.05) is 26.8 Å². The van der Waals surface area contributed by atoms with E-state index >= 15 is 0 Å². The number of ketones is 1. The van der Waals surface area contributed by atoms with Gasteiger partial charge in [-0.25, -0.2) is 4.79 Å². The summed E-state index contributed by atoms with van der Waals surface area (Å²) in [6, 6.07) is 0. The first-order valence-electron chi connectivity index (χ1n) is 13.0. The summed E-state index contributed by atoms with van der Waals surface area (Å²) in [6.45, 7) is 9.68. The van der Waals surface area contributed by atoms with Gasteiger partial charge in [0.25, 0.3) is 0 Å². The lowest BCUT2D eigenvalue weighted by Crippen LogP contribution is -2.50. The van der Waals surface area contributed by atoms with Crippen molar-refractivity contribution in [3.63, 3.8) is 0 Å². The number of nitrogens with zero attached hydrogens (tertiary/aromatic N) is 1. The Balaban J connectivity index is 1.63. The van der Waals surface area contributed by atoms with E-state index in [0.717, 1.165) is 24.8 Å². The van der Waals surface area contributed by atoms with Crippen LogP contribution in [0.2, 0.25) is 0 Å². The largest absolute Gasteiger partial charge is 0.507 e. The van der Waals surface area contributed by atoms with Gasteiger partial charge in [-0.1, -0.05) is 19.1 Å². The molecule has 0 bridgehead atoms. The van der Waals surface area contributed by atoms with Crippen LogP contribution < -0.4 is 4.74 Å². The highest BCUT2D eigenvalue weighted by atomic mass is 16.5. The number of rotatable bonds is 8. The molecule has 0 aromatic heterocycles. The van der Waals surface area contributed by atoms with Crippen LogP contribution in [0.4, 0.5) is 0 Å². The summed E-state index contributed by atoms with van der Waals surface area (Å²) >= 11 is 0. The van der Waals surface area contributed by atoms with Crippen molar-refractivity contribution in [3.05, 3.63) is 34.4 Å². The molecule has 4 rings (SSSR count). The minimum absolute atomic E-state index is 0.0616. The van der Waals surface area contributed by atoms with Crippen LogP contribution in [0.15, 0.2) is 12.2 Å². The first-order valence-corrected chi connectivity index (χ1v) is 13.0. The number of hydrogen-bond donors (Lipinski definition) is 2. The summed E-state index contributed by atoms with van der Waals surface area (Å²) in [6.07, 6.45) is 6.18. The molecule has 0 spiro atoms. The van der Waals surface area contributed by atoms with Crippen LogP contribution >= 0.6 is 0 Å². The lowest BCUT2D eigenvalue weighted by Gasteiger charge is -2.46. The van der Waals surface area contributed by atoms with Crippen molar-refractivity contribution in [2.24, 2.45) is 11.8 Å². The average Bonchev–Trinajstić information content (AvgIpc) is 3.26. The van der Waals surface area contributed by atoms with Gasteiger partial charge in [-0.2, -0.15) is 0 Å². The Bertz CT molecular complexity index is 1090. The number of ether oxygens (including phenoxy) is 2. The number of amides is 1. The third kappa shape index (κ3) is 4.29. The number of phenols is 1. The van der Waals surface area contributed by atoms with Gasteiger partial charge in [0.2, 0.25) is 5.91 Å². The van der Waals surface area contributed by atoms with E-state index in [4.69, 9.17) is 9.47 Å². The molecule has 1 aromatic carbocycles. The number of carboxylic acid groups (broad SMARTS) is 1. The number of benzene rings is 1. The number of allylic oxidation sites excluding steroid dienone is 2. The molecule has 36 heavy (non-hydrogen) atoms. The predicted octanol–water partition coefficient (Wildman–Crippen LogP) is 4.87. The second-order valence-corrected chi connectivity index (χ2v) is 10.4. The fourth-order valence-electron chi connectivity index (χ4n) is 5.97. The van der Waals surface area contributed by atoms with Crippen molar-refractivity contribution < 1.29 is 34.1 Å². The maximum Gasteiger partial charge on any atom is 0.343 e. The normalized spacial score (nSPS) is 27.4. The van der Waals surface area contributed by atoms with E-state index in [9.17, 15) is 24.6 Å². The summed E-state index contributed by atoms with van der Waals surface area (Å²) in [5, 5.41) is 20.8. The van der Waals surface area contributed by atoms with Crippen LogP contribution in [0.5, 0.6) is 11.5 Å². The smallest absolute Gasteiger partial charge is 0.343 e. The summed E-state index contributed by atoms with van der Waals surface area (Å²) in [5.74, 6) is -3.00. The Morgan fingerprint density at radius 2 is 1.92 bits per heavy atom. The van der Waals surface area contributed by atoms with Crippen molar-refractivity contribution in [3.8, 4) is 11.5 Å². The van der Waals surface area contributed by atoms with Gasteiger partial charge in [0.1, 0.15) is 22.8 Å². The van der Waals surface area contributed by atoms with Crippen LogP contribution in [-0.2, 0) is 14.3 Å². The molecule has 8 nitrogen and oxygen atoms in total. The van der Waals surface area contributed by atoms with Gasteiger partial charge in [0.15, 0.2) is 6.23 Å².